The first-order valence-corrected chi connectivity index (χ1v) is 6.95. The first-order valence-electron chi connectivity index (χ1n) is 6.95. The summed E-state index contributed by atoms with van der Waals surface area (Å²) in [6, 6.07) is 5.92. The Morgan fingerprint density at radius 2 is 2.06 bits per heavy atom. The topological polar surface area (TPSA) is 12.0 Å². The highest BCUT2D eigenvalue weighted by atomic mass is 19.1. The molecule has 2 rings (SSSR count). The largest absolute Gasteiger partial charge is 0.314 e. The molecule has 100 valence electrons. The third-order valence-electron chi connectivity index (χ3n) is 3.79. The molecule has 1 fully saturated rings. The van der Waals surface area contributed by atoms with Crippen molar-refractivity contribution in [3.8, 4) is 0 Å². The third kappa shape index (κ3) is 4.09. The third-order valence-corrected chi connectivity index (χ3v) is 3.79. The predicted molar refractivity (Wildman–Crippen MR) is 74.3 cm³/mol. The molecule has 0 aromatic heterocycles. The lowest BCUT2D eigenvalue weighted by atomic mass is 9.81. The van der Waals surface area contributed by atoms with E-state index in [-0.39, 0.29) is 11.2 Å². The highest BCUT2D eigenvalue weighted by Gasteiger charge is 2.23. The summed E-state index contributed by atoms with van der Waals surface area (Å²) in [6.07, 6.45) is 4.88. The second-order valence-electron chi connectivity index (χ2n) is 6.39. The van der Waals surface area contributed by atoms with Crippen LogP contribution in [0.5, 0.6) is 0 Å². The Hall–Kier alpha value is -0.890. The molecule has 2 heteroatoms. The number of hydrogen-bond donors (Lipinski definition) is 1. The Labute approximate surface area is 110 Å². The van der Waals surface area contributed by atoms with Gasteiger partial charge in [-0.25, -0.2) is 4.39 Å². The molecule has 0 aliphatic heterocycles. The zero-order valence-corrected chi connectivity index (χ0v) is 11.7. The number of halogens is 1. The molecule has 0 heterocycles. The molecular formula is C16H24FN. The van der Waals surface area contributed by atoms with Gasteiger partial charge in [0.25, 0.3) is 0 Å². The maximum absolute atomic E-state index is 13.1. The van der Waals surface area contributed by atoms with Crippen LogP contribution in [-0.4, -0.2) is 12.6 Å². The zero-order valence-electron chi connectivity index (χ0n) is 11.7. The van der Waals surface area contributed by atoms with E-state index >= 15 is 0 Å². The normalized spacial score (nSPS) is 16.0. The predicted octanol–water partition coefficient (Wildman–Crippen LogP) is 3.84. The maximum atomic E-state index is 13.1. The molecule has 1 aliphatic rings. The number of hydrogen-bond acceptors (Lipinski definition) is 1. The summed E-state index contributed by atoms with van der Waals surface area (Å²) >= 11 is 0. The van der Waals surface area contributed by atoms with Crippen molar-refractivity contribution in [2.45, 2.75) is 52.5 Å². The quantitative estimate of drug-likeness (QED) is 0.807. The fraction of sp³-hybridized carbons (Fsp3) is 0.625. The monoisotopic (exact) mass is 249 g/mol. The van der Waals surface area contributed by atoms with Crippen LogP contribution in [0.4, 0.5) is 4.39 Å². The molecule has 0 radical (unpaired) electrons. The molecule has 1 N–H and O–H groups in total. The lowest BCUT2D eigenvalue weighted by Gasteiger charge is -2.26. The molecule has 0 bridgehead atoms. The summed E-state index contributed by atoms with van der Waals surface area (Å²) in [7, 11) is 0. The van der Waals surface area contributed by atoms with E-state index in [0.717, 1.165) is 24.6 Å². The summed E-state index contributed by atoms with van der Waals surface area (Å²) in [5.41, 5.74) is 2.61. The summed E-state index contributed by atoms with van der Waals surface area (Å²) in [5.74, 6) is -0.135. The standard InChI is InChI=1S/C16H24FN/c1-12-10-14(17)5-4-13(12)11-16(2,3)8-9-18-15-6-7-15/h4-5,10,15,18H,6-9,11H2,1-3H3. The molecular weight excluding hydrogens is 225 g/mol. The van der Waals surface area contributed by atoms with Gasteiger partial charge in [0.15, 0.2) is 0 Å². The van der Waals surface area contributed by atoms with Gasteiger partial charge in [0, 0.05) is 6.04 Å². The van der Waals surface area contributed by atoms with Gasteiger partial charge in [0.2, 0.25) is 0 Å². The first-order chi connectivity index (χ1) is 8.46. The van der Waals surface area contributed by atoms with Crippen molar-refractivity contribution >= 4 is 0 Å². The van der Waals surface area contributed by atoms with Gasteiger partial charge in [0.1, 0.15) is 5.82 Å². The van der Waals surface area contributed by atoms with Crippen LogP contribution in [0.3, 0.4) is 0 Å². The SMILES string of the molecule is Cc1cc(F)ccc1CC(C)(C)CCNC1CC1. The Morgan fingerprint density at radius 1 is 1.33 bits per heavy atom. The van der Waals surface area contributed by atoms with E-state index in [1.807, 2.05) is 13.0 Å². The molecule has 0 atom stereocenters. The second kappa shape index (κ2) is 5.40. The molecule has 1 aliphatic carbocycles. The Balaban J connectivity index is 1.88. The zero-order chi connectivity index (χ0) is 13.2. The summed E-state index contributed by atoms with van der Waals surface area (Å²) < 4.78 is 13.1. The van der Waals surface area contributed by atoms with Gasteiger partial charge in [-0.3, -0.25) is 0 Å². The van der Waals surface area contributed by atoms with Crippen molar-refractivity contribution < 1.29 is 4.39 Å². The van der Waals surface area contributed by atoms with Crippen LogP contribution in [0.1, 0.15) is 44.2 Å². The van der Waals surface area contributed by atoms with Gasteiger partial charge >= 0.3 is 0 Å². The summed E-state index contributed by atoms with van der Waals surface area (Å²) in [4.78, 5) is 0. The molecule has 1 saturated carbocycles. The minimum atomic E-state index is -0.135. The van der Waals surface area contributed by atoms with E-state index in [9.17, 15) is 4.39 Å². The van der Waals surface area contributed by atoms with Gasteiger partial charge in [-0.15, -0.1) is 0 Å². The van der Waals surface area contributed by atoms with Crippen molar-refractivity contribution in [1.29, 1.82) is 0 Å². The van der Waals surface area contributed by atoms with Crippen LogP contribution >= 0.6 is 0 Å². The maximum Gasteiger partial charge on any atom is 0.123 e. The van der Waals surface area contributed by atoms with Gasteiger partial charge in [0.05, 0.1) is 0 Å². The second-order valence-corrected chi connectivity index (χ2v) is 6.39. The molecule has 0 unspecified atom stereocenters. The van der Waals surface area contributed by atoms with Crippen LogP contribution < -0.4 is 5.32 Å². The average molecular weight is 249 g/mol. The van der Waals surface area contributed by atoms with E-state index in [4.69, 9.17) is 0 Å². The van der Waals surface area contributed by atoms with Crippen LogP contribution in [0.15, 0.2) is 18.2 Å². The van der Waals surface area contributed by atoms with Gasteiger partial charge < -0.3 is 5.32 Å². The van der Waals surface area contributed by atoms with E-state index in [1.54, 1.807) is 12.1 Å². The molecule has 0 saturated heterocycles. The van der Waals surface area contributed by atoms with Gasteiger partial charge in [-0.2, -0.15) is 0 Å². The van der Waals surface area contributed by atoms with Crippen LogP contribution in [0, 0.1) is 18.2 Å². The molecule has 0 amide bonds. The van der Waals surface area contributed by atoms with E-state index < -0.39 is 0 Å². The Bertz CT molecular complexity index is 408. The summed E-state index contributed by atoms with van der Waals surface area (Å²) in [6.45, 7) is 7.68. The smallest absolute Gasteiger partial charge is 0.123 e. The Kier molecular flexibility index (Phi) is 4.06. The molecule has 1 aromatic carbocycles. The highest BCUT2D eigenvalue weighted by molar-refractivity contribution is 5.27. The first kappa shape index (κ1) is 13.5. The van der Waals surface area contributed by atoms with Crippen molar-refractivity contribution in [3.05, 3.63) is 35.1 Å². The number of aryl methyl sites for hydroxylation is 1. The van der Waals surface area contributed by atoms with Gasteiger partial charge in [-0.05, 0) is 67.8 Å². The number of rotatable bonds is 6. The van der Waals surface area contributed by atoms with Crippen molar-refractivity contribution in [3.63, 3.8) is 0 Å². The Morgan fingerprint density at radius 3 is 2.67 bits per heavy atom. The van der Waals surface area contributed by atoms with Crippen molar-refractivity contribution in [1.82, 2.24) is 5.32 Å². The van der Waals surface area contributed by atoms with Crippen LogP contribution in [0.25, 0.3) is 0 Å². The van der Waals surface area contributed by atoms with Crippen molar-refractivity contribution in [2.24, 2.45) is 5.41 Å². The fourth-order valence-corrected chi connectivity index (χ4v) is 2.36. The highest BCUT2D eigenvalue weighted by Crippen LogP contribution is 2.28. The molecule has 1 aromatic rings. The van der Waals surface area contributed by atoms with Crippen LogP contribution in [-0.2, 0) is 6.42 Å². The molecule has 18 heavy (non-hydrogen) atoms. The lowest BCUT2D eigenvalue weighted by Crippen LogP contribution is -2.25. The summed E-state index contributed by atoms with van der Waals surface area (Å²) in [5, 5.41) is 3.56. The van der Waals surface area contributed by atoms with E-state index in [1.165, 1.54) is 24.8 Å². The average Bonchev–Trinajstić information content (AvgIpc) is 3.06. The molecule has 0 spiro atoms. The fourth-order valence-electron chi connectivity index (χ4n) is 2.36. The van der Waals surface area contributed by atoms with E-state index in [0.29, 0.717) is 0 Å². The lowest BCUT2D eigenvalue weighted by molar-refractivity contribution is 0.324. The molecule has 1 nitrogen and oxygen atoms in total. The van der Waals surface area contributed by atoms with E-state index in [2.05, 4.69) is 19.2 Å². The van der Waals surface area contributed by atoms with Gasteiger partial charge in [-0.1, -0.05) is 19.9 Å². The minimum absolute atomic E-state index is 0.135. The minimum Gasteiger partial charge on any atom is -0.314 e. The van der Waals surface area contributed by atoms with Crippen molar-refractivity contribution in [2.75, 3.05) is 6.54 Å². The number of benzene rings is 1. The number of nitrogens with one attached hydrogen (secondary N) is 1. The van der Waals surface area contributed by atoms with Crippen LogP contribution in [0.2, 0.25) is 0 Å².